The van der Waals surface area contributed by atoms with Crippen molar-refractivity contribution in [2.24, 2.45) is 5.92 Å². The Morgan fingerprint density at radius 1 is 1.03 bits per heavy atom. The number of piperidine rings is 1. The third kappa shape index (κ3) is 4.11. The van der Waals surface area contributed by atoms with Gasteiger partial charge in [-0.25, -0.2) is 0 Å². The molecule has 2 saturated heterocycles. The highest BCUT2D eigenvalue weighted by Gasteiger charge is 2.65. The predicted molar refractivity (Wildman–Crippen MR) is 135 cm³/mol. The molecule has 3 atom stereocenters. The lowest BCUT2D eigenvalue weighted by molar-refractivity contribution is -0.254. The molecule has 6 rings (SSSR count). The van der Waals surface area contributed by atoms with Crippen molar-refractivity contribution in [2.45, 2.75) is 81.8 Å². The highest BCUT2D eigenvalue weighted by Crippen LogP contribution is 2.59. The minimum atomic E-state index is -0.844. The molecule has 1 N–H and O–H groups in total. The first-order chi connectivity index (χ1) is 16.9. The summed E-state index contributed by atoms with van der Waals surface area (Å²) in [5, 5.41) is 12.6. The van der Waals surface area contributed by atoms with Crippen LogP contribution in [-0.4, -0.2) is 53.7 Å². The van der Waals surface area contributed by atoms with E-state index in [9.17, 15) is 5.11 Å². The molecule has 0 aromatic heterocycles. The van der Waals surface area contributed by atoms with Crippen molar-refractivity contribution in [1.82, 2.24) is 4.90 Å². The Kier molecular flexibility index (Phi) is 5.96. The van der Waals surface area contributed by atoms with Gasteiger partial charge in [0.15, 0.2) is 5.79 Å². The Labute approximate surface area is 209 Å². The SMILES string of the molecule is Cc1ccc(OCc2ccccc2)cc1C12CCN(CC3CC3)C(C)C1(O)CCC1(C2)OCCO1. The quantitative estimate of drug-likeness (QED) is 0.636. The number of benzene rings is 2. The molecule has 4 fully saturated rings. The van der Waals surface area contributed by atoms with Crippen molar-refractivity contribution in [3.63, 3.8) is 0 Å². The van der Waals surface area contributed by atoms with Crippen LogP contribution in [-0.2, 0) is 21.5 Å². The van der Waals surface area contributed by atoms with Crippen LogP contribution >= 0.6 is 0 Å². The number of hydrogen-bond donors (Lipinski definition) is 1. The summed E-state index contributed by atoms with van der Waals surface area (Å²) >= 11 is 0. The van der Waals surface area contributed by atoms with Gasteiger partial charge in [0.05, 0.1) is 18.8 Å². The van der Waals surface area contributed by atoms with E-state index in [1.54, 1.807) is 0 Å². The van der Waals surface area contributed by atoms with Gasteiger partial charge in [0.25, 0.3) is 0 Å². The van der Waals surface area contributed by atoms with Crippen LogP contribution < -0.4 is 4.74 Å². The Hall–Kier alpha value is -1.92. The molecule has 5 nitrogen and oxygen atoms in total. The summed E-state index contributed by atoms with van der Waals surface area (Å²) in [6.07, 6.45) is 5.69. The van der Waals surface area contributed by atoms with Crippen molar-refractivity contribution < 1.29 is 19.3 Å². The van der Waals surface area contributed by atoms with Gasteiger partial charge in [0.1, 0.15) is 12.4 Å². The van der Waals surface area contributed by atoms with Crippen LogP contribution in [0.4, 0.5) is 0 Å². The second-order valence-corrected chi connectivity index (χ2v) is 11.4. The molecule has 2 heterocycles. The molecule has 0 bridgehead atoms. The molecule has 5 heteroatoms. The highest BCUT2D eigenvalue weighted by molar-refractivity contribution is 5.45. The Morgan fingerprint density at radius 2 is 1.80 bits per heavy atom. The minimum absolute atomic E-state index is 0.0869. The molecule has 188 valence electrons. The first-order valence-electron chi connectivity index (χ1n) is 13.5. The number of aliphatic hydroxyl groups is 1. The molecule has 3 unspecified atom stereocenters. The molecule has 2 aliphatic heterocycles. The van der Waals surface area contributed by atoms with Gasteiger partial charge in [-0.1, -0.05) is 36.4 Å². The van der Waals surface area contributed by atoms with E-state index in [1.807, 2.05) is 18.2 Å². The zero-order valence-electron chi connectivity index (χ0n) is 21.2. The summed E-state index contributed by atoms with van der Waals surface area (Å²) in [6.45, 7) is 8.32. The minimum Gasteiger partial charge on any atom is -0.489 e. The van der Waals surface area contributed by atoms with Crippen molar-refractivity contribution in [3.05, 3.63) is 65.2 Å². The van der Waals surface area contributed by atoms with Crippen LogP contribution in [0.1, 0.15) is 62.1 Å². The van der Waals surface area contributed by atoms with Gasteiger partial charge >= 0.3 is 0 Å². The maximum absolute atomic E-state index is 12.6. The van der Waals surface area contributed by atoms with Crippen molar-refractivity contribution >= 4 is 0 Å². The van der Waals surface area contributed by atoms with E-state index in [2.05, 4.69) is 49.1 Å². The molecule has 2 aromatic carbocycles. The van der Waals surface area contributed by atoms with Crippen LogP contribution in [0.3, 0.4) is 0 Å². The van der Waals surface area contributed by atoms with Crippen LogP contribution in [0, 0.1) is 12.8 Å². The Morgan fingerprint density at radius 3 is 2.54 bits per heavy atom. The number of hydrogen-bond acceptors (Lipinski definition) is 5. The van der Waals surface area contributed by atoms with E-state index in [1.165, 1.54) is 24.0 Å². The van der Waals surface area contributed by atoms with E-state index in [0.29, 0.717) is 32.7 Å². The van der Waals surface area contributed by atoms with Gasteiger partial charge in [-0.15, -0.1) is 0 Å². The van der Waals surface area contributed by atoms with Gasteiger partial charge in [-0.05, 0) is 80.8 Å². The summed E-state index contributed by atoms with van der Waals surface area (Å²) in [7, 11) is 0. The van der Waals surface area contributed by atoms with Crippen molar-refractivity contribution in [3.8, 4) is 5.75 Å². The Balaban J connectivity index is 1.37. The largest absolute Gasteiger partial charge is 0.489 e. The molecule has 35 heavy (non-hydrogen) atoms. The lowest BCUT2D eigenvalue weighted by atomic mass is 9.52. The van der Waals surface area contributed by atoms with E-state index in [4.69, 9.17) is 14.2 Å². The third-order valence-electron chi connectivity index (χ3n) is 9.33. The maximum Gasteiger partial charge on any atom is 0.169 e. The van der Waals surface area contributed by atoms with Crippen molar-refractivity contribution in [2.75, 3.05) is 26.3 Å². The van der Waals surface area contributed by atoms with Crippen molar-refractivity contribution in [1.29, 1.82) is 0 Å². The zero-order valence-corrected chi connectivity index (χ0v) is 21.2. The number of fused-ring (bicyclic) bond motifs is 1. The van der Waals surface area contributed by atoms with Gasteiger partial charge in [-0.2, -0.15) is 0 Å². The van der Waals surface area contributed by atoms with E-state index in [-0.39, 0.29) is 6.04 Å². The lowest BCUT2D eigenvalue weighted by Crippen LogP contribution is -2.72. The second-order valence-electron chi connectivity index (χ2n) is 11.4. The second kappa shape index (κ2) is 8.88. The van der Waals surface area contributed by atoms with E-state index >= 15 is 0 Å². The number of aryl methyl sites for hydroxylation is 1. The highest BCUT2D eigenvalue weighted by atomic mass is 16.7. The van der Waals surface area contributed by atoms with Gasteiger partial charge in [-0.3, -0.25) is 4.90 Å². The van der Waals surface area contributed by atoms with Crippen LogP contribution in [0.5, 0.6) is 5.75 Å². The van der Waals surface area contributed by atoms with Gasteiger partial charge in [0, 0.05) is 30.8 Å². The van der Waals surface area contributed by atoms with E-state index < -0.39 is 16.8 Å². The van der Waals surface area contributed by atoms with Gasteiger partial charge < -0.3 is 19.3 Å². The normalized spacial score (nSPS) is 32.5. The summed E-state index contributed by atoms with van der Waals surface area (Å²) in [5.41, 5.74) is 2.26. The first kappa shape index (κ1) is 23.5. The molecule has 1 spiro atoms. The summed E-state index contributed by atoms with van der Waals surface area (Å²) in [4.78, 5) is 2.55. The number of rotatable bonds is 6. The molecule has 0 amide bonds. The molecule has 2 aliphatic carbocycles. The van der Waals surface area contributed by atoms with Gasteiger partial charge in [0.2, 0.25) is 0 Å². The fourth-order valence-corrected chi connectivity index (χ4v) is 7.10. The summed E-state index contributed by atoms with van der Waals surface area (Å²) in [6, 6.07) is 16.8. The average molecular weight is 478 g/mol. The zero-order chi connectivity index (χ0) is 24.1. The maximum atomic E-state index is 12.6. The predicted octanol–water partition coefficient (Wildman–Crippen LogP) is 4.97. The average Bonchev–Trinajstić information content (AvgIpc) is 3.59. The summed E-state index contributed by atoms with van der Waals surface area (Å²) in [5.74, 6) is 1.08. The van der Waals surface area contributed by atoms with Crippen LogP contribution in [0.2, 0.25) is 0 Å². The fraction of sp³-hybridized carbons (Fsp3) is 0.600. The molecule has 4 aliphatic rings. The number of ether oxygens (including phenoxy) is 3. The topological polar surface area (TPSA) is 51.2 Å². The Bertz CT molecular complexity index is 1050. The molecule has 0 radical (unpaired) electrons. The number of likely N-dealkylation sites (tertiary alicyclic amines) is 1. The number of nitrogens with zero attached hydrogens (tertiary/aromatic N) is 1. The van der Waals surface area contributed by atoms with Crippen LogP contribution in [0.25, 0.3) is 0 Å². The lowest BCUT2D eigenvalue weighted by Gasteiger charge is -2.62. The molecular weight excluding hydrogens is 438 g/mol. The molecular formula is C30H39NO4. The molecule has 2 aromatic rings. The first-order valence-corrected chi connectivity index (χ1v) is 13.5. The smallest absolute Gasteiger partial charge is 0.169 e. The molecule has 2 saturated carbocycles. The third-order valence-corrected chi connectivity index (χ3v) is 9.33. The fourth-order valence-electron chi connectivity index (χ4n) is 7.10. The van der Waals surface area contributed by atoms with E-state index in [0.717, 1.165) is 43.2 Å². The monoisotopic (exact) mass is 477 g/mol. The van der Waals surface area contributed by atoms with Crippen LogP contribution in [0.15, 0.2) is 48.5 Å². The standard InChI is InChI=1S/C30H39NO4/c1-22-8-11-26(33-20-25-6-4-3-5-7-25)18-27(22)28-14-15-31(19-24-9-10-24)23(2)30(28,32)13-12-29(21-28)34-16-17-35-29/h3-8,11,18,23-24,32H,9-10,12-17,19-21H2,1-2H3. The summed E-state index contributed by atoms with van der Waals surface area (Å²) < 4.78 is 18.8.